The monoisotopic (exact) mass is 524 g/mol. The summed E-state index contributed by atoms with van der Waals surface area (Å²) < 4.78 is 40.6. The van der Waals surface area contributed by atoms with Crippen LogP contribution >= 0.6 is 0 Å². The molecule has 1 spiro atoms. The highest BCUT2D eigenvalue weighted by atomic mass is 19.4. The first-order valence-corrected chi connectivity index (χ1v) is 13.1. The number of amides is 1. The Bertz CT molecular complexity index is 1250. The first kappa shape index (κ1) is 26.1. The minimum absolute atomic E-state index is 0.0316. The molecule has 9 heteroatoms. The van der Waals surface area contributed by atoms with Crippen LogP contribution in [-0.2, 0) is 11.0 Å². The van der Waals surface area contributed by atoms with Crippen molar-refractivity contribution in [3.63, 3.8) is 0 Å². The second kappa shape index (κ2) is 9.97. The number of likely N-dealkylation sites (tertiary alicyclic amines) is 1. The highest BCUT2D eigenvalue weighted by Crippen LogP contribution is 2.46. The molecule has 3 saturated heterocycles. The van der Waals surface area contributed by atoms with Gasteiger partial charge in [0, 0.05) is 68.5 Å². The van der Waals surface area contributed by atoms with E-state index in [0.717, 1.165) is 44.1 Å². The number of ketones is 1. The summed E-state index contributed by atoms with van der Waals surface area (Å²) in [5.74, 6) is 0.160. The fraction of sp³-hybridized carbons (Fsp3) is 0.483. The van der Waals surface area contributed by atoms with Gasteiger partial charge in [-0.05, 0) is 74.1 Å². The Kier molecular flexibility index (Phi) is 6.84. The van der Waals surface area contributed by atoms with Gasteiger partial charge in [0.15, 0.2) is 0 Å². The Morgan fingerprint density at radius 2 is 1.63 bits per heavy atom. The first-order valence-electron chi connectivity index (χ1n) is 13.1. The average molecular weight is 525 g/mol. The molecule has 3 fully saturated rings. The van der Waals surface area contributed by atoms with E-state index in [1.54, 1.807) is 17.0 Å². The number of halogens is 3. The highest BCUT2D eigenvalue weighted by Gasteiger charge is 2.45. The molecule has 3 aliphatic heterocycles. The normalized spacial score (nSPS) is 21.6. The lowest BCUT2D eigenvalue weighted by molar-refractivity contribution is -0.137. The summed E-state index contributed by atoms with van der Waals surface area (Å²) in [5.41, 5.74) is 0.990. The van der Waals surface area contributed by atoms with Crippen molar-refractivity contribution in [1.29, 1.82) is 5.26 Å². The topological polar surface area (TPSA) is 67.7 Å². The van der Waals surface area contributed by atoms with Gasteiger partial charge in [0.25, 0.3) is 5.91 Å². The molecule has 2 aromatic carbocycles. The van der Waals surface area contributed by atoms with Gasteiger partial charge < -0.3 is 14.7 Å². The summed E-state index contributed by atoms with van der Waals surface area (Å²) in [5, 5.41) is 9.12. The molecule has 6 nitrogen and oxygen atoms in total. The van der Waals surface area contributed by atoms with Crippen molar-refractivity contribution in [2.24, 2.45) is 5.41 Å². The van der Waals surface area contributed by atoms with Crippen molar-refractivity contribution in [2.75, 3.05) is 42.5 Å². The van der Waals surface area contributed by atoms with E-state index in [-0.39, 0.29) is 28.7 Å². The number of carbonyl (C=O) groups is 2. The third-order valence-electron chi connectivity index (χ3n) is 8.44. The van der Waals surface area contributed by atoms with Crippen LogP contribution in [-0.4, -0.2) is 55.4 Å². The van der Waals surface area contributed by atoms with Gasteiger partial charge >= 0.3 is 6.18 Å². The van der Waals surface area contributed by atoms with Crippen LogP contribution in [0.4, 0.5) is 24.5 Å². The molecule has 0 radical (unpaired) electrons. The molecule has 38 heavy (non-hydrogen) atoms. The molecule has 5 rings (SSSR count). The van der Waals surface area contributed by atoms with E-state index in [4.69, 9.17) is 5.26 Å². The van der Waals surface area contributed by atoms with Gasteiger partial charge in [-0.3, -0.25) is 9.59 Å². The zero-order valence-electron chi connectivity index (χ0n) is 21.4. The van der Waals surface area contributed by atoms with Crippen LogP contribution in [0.3, 0.4) is 0 Å². The van der Waals surface area contributed by atoms with Crippen molar-refractivity contribution in [3.05, 3.63) is 59.2 Å². The third-order valence-corrected chi connectivity index (χ3v) is 8.44. The predicted molar refractivity (Wildman–Crippen MR) is 138 cm³/mol. The molecule has 1 atom stereocenters. The Morgan fingerprint density at radius 3 is 2.24 bits per heavy atom. The summed E-state index contributed by atoms with van der Waals surface area (Å²) >= 11 is 0. The van der Waals surface area contributed by atoms with Gasteiger partial charge in [0.1, 0.15) is 5.78 Å². The lowest BCUT2D eigenvalue weighted by Crippen LogP contribution is -2.41. The molecule has 0 N–H and O–H groups in total. The molecule has 2 aromatic rings. The van der Waals surface area contributed by atoms with Crippen LogP contribution in [0, 0.1) is 16.7 Å². The average Bonchev–Trinajstić information content (AvgIpc) is 3.23. The lowest BCUT2D eigenvalue weighted by Gasteiger charge is -2.40. The summed E-state index contributed by atoms with van der Waals surface area (Å²) in [4.78, 5) is 30.3. The standard InChI is InChI=1S/C29H31F3N4O2/c1-20-17-28(19-36(20)24-7-4-22(18-33)26(16-24)29(30,31)32)10-14-34(15-11-28)23-5-2-21(3-6-23)27(38)35-12-8-25(37)9-13-35/h2-7,16,20H,8-15,17,19H2,1H3/t20-/m0/s1. The van der Waals surface area contributed by atoms with Crippen LogP contribution in [0.2, 0.25) is 0 Å². The summed E-state index contributed by atoms with van der Waals surface area (Å²) in [6, 6.07) is 13.4. The van der Waals surface area contributed by atoms with Crippen LogP contribution in [0.25, 0.3) is 0 Å². The van der Waals surface area contributed by atoms with E-state index in [9.17, 15) is 22.8 Å². The van der Waals surface area contributed by atoms with Gasteiger partial charge in [-0.2, -0.15) is 18.4 Å². The molecule has 0 aromatic heterocycles. The molecule has 0 aliphatic carbocycles. The van der Waals surface area contributed by atoms with Gasteiger partial charge in [0.2, 0.25) is 0 Å². The number of anilines is 2. The number of nitrogens with zero attached hydrogens (tertiary/aromatic N) is 4. The van der Waals surface area contributed by atoms with Crippen LogP contribution in [0.15, 0.2) is 42.5 Å². The van der Waals surface area contributed by atoms with Crippen molar-refractivity contribution >= 4 is 23.1 Å². The summed E-state index contributed by atoms with van der Waals surface area (Å²) in [6.45, 7) is 5.37. The molecule has 3 aliphatic rings. The van der Waals surface area contributed by atoms with Gasteiger partial charge in [-0.1, -0.05) is 0 Å². The number of hydrogen-bond acceptors (Lipinski definition) is 5. The lowest BCUT2D eigenvalue weighted by atomic mass is 9.76. The minimum Gasteiger partial charge on any atom is -0.371 e. The molecular weight excluding hydrogens is 493 g/mol. The zero-order chi connectivity index (χ0) is 27.1. The Labute approximate surface area is 220 Å². The molecule has 0 saturated carbocycles. The van der Waals surface area contributed by atoms with E-state index in [1.807, 2.05) is 24.3 Å². The first-order chi connectivity index (χ1) is 18.1. The smallest absolute Gasteiger partial charge is 0.371 e. The second-order valence-corrected chi connectivity index (χ2v) is 10.9. The predicted octanol–water partition coefficient (Wildman–Crippen LogP) is 5.27. The van der Waals surface area contributed by atoms with Gasteiger partial charge in [0.05, 0.1) is 17.2 Å². The van der Waals surface area contributed by atoms with E-state index in [2.05, 4.69) is 16.7 Å². The van der Waals surface area contributed by atoms with Gasteiger partial charge in [-0.25, -0.2) is 0 Å². The van der Waals surface area contributed by atoms with Crippen molar-refractivity contribution < 1.29 is 22.8 Å². The molecule has 0 bridgehead atoms. The fourth-order valence-electron chi connectivity index (χ4n) is 6.27. The molecule has 200 valence electrons. The molecule has 0 unspecified atom stereocenters. The highest BCUT2D eigenvalue weighted by molar-refractivity contribution is 5.95. The van der Waals surface area contributed by atoms with Crippen LogP contribution in [0.5, 0.6) is 0 Å². The van der Waals surface area contributed by atoms with Crippen LogP contribution < -0.4 is 9.80 Å². The SMILES string of the molecule is C[C@H]1CC2(CCN(c3ccc(C(=O)N4CCC(=O)CC4)cc3)CC2)CN1c1ccc(C#N)c(C(F)(F)F)c1. The number of Topliss-reactive ketones (excluding diaryl/α,β-unsaturated/α-hetero) is 1. The van der Waals surface area contributed by atoms with Crippen molar-refractivity contribution in [3.8, 4) is 6.07 Å². The van der Waals surface area contributed by atoms with E-state index in [1.165, 1.54) is 6.07 Å². The fourth-order valence-corrected chi connectivity index (χ4v) is 6.27. The van der Waals surface area contributed by atoms with E-state index in [0.29, 0.717) is 43.7 Å². The van der Waals surface area contributed by atoms with Crippen molar-refractivity contribution in [1.82, 2.24) is 4.90 Å². The summed E-state index contributed by atoms with van der Waals surface area (Å²) in [6.07, 6.45) is -0.959. The summed E-state index contributed by atoms with van der Waals surface area (Å²) in [7, 11) is 0. The number of hydrogen-bond donors (Lipinski definition) is 0. The maximum Gasteiger partial charge on any atom is 0.417 e. The maximum atomic E-state index is 13.5. The number of nitriles is 1. The van der Waals surface area contributed by atoms with E-state index < -0.39 is 11.7 Å². The molecule has 1 amide bonds. The largest absolute Gasteiger partial charge is 0.417 e. The minimum atomic E-state index is -4.57. The number of rotatable bonds is 3. The number of benzene rings is 2. The van der Waals surface area contributed by atoms with E-state index >= 15 is 0 Å². The number of carbonyl (C=O) groups excluding carboxylic acids is 2. The van der Waals surface area contributed by atoms with Crippen molar-refractivity contribution in [2.45, 2.75) is 51.2 Å². The number of alkyl halides is 3. The van der Waals surface area contributed by atoms with Crippen LogP contribution in [0.1, 0.15) is 60.5 Å². The Morgan fingerprint density at radius 1 is 1.00 bits per heavy atom. The zero-order valence-corrected chi connectivity index (χ0v) is 21.4. The quantitative estimate of drug-likeness (QED) is 0.548. The molecule has 3 heterocycles. The molecular formula is C29H31F3N4O2. The van der Waals surface area contributed by atoms with Gasteiger partial charge in [-0.15, -0.1) is 0 Å². The Balaban J connectivity index is 1.23. The Hall–Kier alpha value is -3.54. The number of piperidine rings is 2. The second-order valence-electron chi connectivity index (χ2n) is 10.9. The third kappa shape index (κ3) is 5.09. The maximum absolute atomic E-state index is 13.5.